The van der Waals surface area contributed by atoms with Crippen molar-refractivity contribution >= 4 is 17.8 Å². The van der Waals surface area contributed by atoms with Crippen LogP contribution in [0.2, 0.25) is 0 Å². The molecule has 6 heteroatoms. The van der Waals surface area contributed by atoms with Crippen molar-refractivity contribution in [3.05, 3.63) is 35.4 Å². The van der Waals surface area contributed by atoms with E-state index in [1.165, 1.54) is 13.2 Å². The monoisotopic (exact) mass is 276 g/mol. The number of hydrogen-bond acceptors (Lipinski definition) is 4. The van der Waals surface area contributed by atoms with Crippen LogP contribution in [0.4, 0.5) is 0 Å². The van der Waals surface area contributed by atoms with Crippen LogP contribution in [0.1, 0.15) is 27.1 Å². The van der Waals surface area contributed by atoms with Gasteiger partial charge in [-0.2, -0.15) is 0 Å². The van der Waals surface area contributed by atoms with Gasteiger partial charge in [0.25, 0.3) is 5.91 Å². The summed E-state index contributed by atoms with van der Waals surface area (Å²) in [7, 11) is 2.99. The molecule has 106 valence electrons. The van der Waals surface area contributed by atoms with Crippen molar-refractivity contribution in [3.63, 3.8) is 0 Å². The Kier molecular flexibility index (Phi) is 4.02. The predicted molar refractivity (Wildman–Crippen MR) is 71.3 cm³/mol. The number of amides is 2. The lowest BCUT2D eigenvalue weighted by atomic mass is 10.1. The van der Waals surface area contributed by atoms with E-state index in [9.17, 15) is 14.4 Å². The van der Waals surface area contributed by atoms with Crippen molar-refractivity contribution in [1.29, 1.82) is 0 Å². The van der Waals surface area contributed by atoms with E-state index in [0.29, 0.717) is 24.1 Å². The minimum atomic E-state index is -0.490. The summed E-state index contributed by atoms with van der Waals surface area (Å²) >= 11 is 0. The second-order valence-corrected chi connectivity index (χ2v) is 4.72. The molecule has 1 N–H and O–H groups in total. The molecule has 6 nitrogen and oxygen atoms in total. The number of benzene rings is 1. The summed E-state index contributed by atoms with van der Waals surface area (Å²) in [4.78, 5) is 36.5. The summed E-state index contributed by atoms with van der Waals surface area (Å²) in [6, 6.07) is 6.09. The van der Waals surface area contributed by atoms with E-state index in [-0.39, 0.29) is 17.9 Å². The molecule has 1 aliphatic heterocycles. The highest BCUT2D eigenvalue weighted by Crippen LogP contribution is 2.11. The average Bonchev–Trinajstić information content (AvgIpc) is 2.76. The van der Waals surface area contributed by atoms with Gasteiger partial charge < -0.3 is 15.0 Å². The number of likely N-dealkylation sites (N-methyl/N-ethyl adjacent to an activating group) is 1. The Morgan fingerprint density at radius 3 is 2.65 bits per heavy atom. The van der Waals surface area contributed by atoms with Gasteiger partial charge in [0.2, 0.25) is 5.91 Å². The lowest BCUT2D eigenvalue weighted by Crippen LogP contribution is -2.36. The number of carbonyl (C=O) groups is 3. The molecule has 1 saturated heterocycles. The molecule has 0 radical (unpaired) electrons. The number of methoxy groups -OCH3 is 1. The lowest BCUT2D eigenvalue weighted by molar-refractivity contribution is -0.126. The molecule has 20 heavy (non-hydrogen) atoms. The number of carbonyl (C=O) groups excluding carboxylic acids is 3. The summed E-state index contributed by atoms with van der Waals surface area (Å²) in [6.45, 7) is 0.501. The van der Waals surface area contributed by atoms with Gasteiger partial charge in [-0.1, -0.05) is 6.07 Å². The van der Waals surface area contributed by atoms with Crippen molar-refractivity contribution in [2.75, 3.05) is 20.7 Å². The molecule has 1 aromatic rings. The van der Waals surface area contributed by atoms with E-state index in [2.05, 4.69) is 10.1 Å². The zero-order valence-corrected chi connectivity index (χ0v) is 11.4. The average molecular weight is 276 g/mol. The van der Waals surface area contributed by atoms with E-state index in [4.69, 9.17) is 0 Å². The summed E-state index contributed by atoms with van der Waals surface area (Å²) < 4.78 is 4.61. The third-order valence-electron chi connectivity index (χ3n) is 3.22. The maximum Gasteiger partial charge on any atom is 0.337 e. The summed E-state index contributed by atoms with van der Waals surface area (Å²) in [5, 5.41) is 2.79. The maximum atomic E-state index is 12.1. The highest BCUT2D eigenvalue weighted by molar-refractivity contribution is 5.98. The SMILES string of the molecule is COC(=O)c1cccc(C(=O)NC2CC(=O)N(C)C2)c1. The quantitative estimate of drug-likeness (QED) is 0.812. The smallest absolute Gasteiger partial charge is 0.337 e. The Morgan fingerprint density at radius 1 is 1.35 bits per heavy atom. The van der Waals surface area contributed by atoms with Crippen LogP contribution < -0.4 is 5.32 Å². The zero-order chi connectivity index (χ0) is 14.7. The Labute approximate surface area is 116 Å². The summed E-state index contributed by atoms with van der Waals surface area (Å²) in [5.74, 6) is -0.780. The first-order chi connectivity index (χ1) is 9.51. The van der Waals surface area contributed by atoms with Crippen molar-refractivity contribution in [2.24, 2.45) is 0 Å². The minimum Gasteiger partial charge on any atom is -0.465 e. The molecule has 0 bridgehead atoms. The van der Waals surface area contributed by atoms with Crippen LogP contribution in [0.3, 0.4) is 0 Å². The molecule has 0 aliphatic carbocycles. The molecule has 2 amide bonds. The molecule has 1 heterocycles. The van der Waals surface area contributed by atoms with E-state index >= 15 is 0 Å². The number of ether oxygens (including phenoxy) is 1. The largest absolute Gasteiger partial charge is 0.465 e. The molecule has 1 atom stereocenters. The van der Waals surface area contributed by atoms with Crippen LogP contribution in [-0.2, 0) is 9.53 Å². The van der Waals surface area contributed by atoms with Gasteiger partial charge in [-0.25, -0.2) is 4.79 Å². The zero-order valence-electron chi connectivity index (χ0n) is 11.4. The molecule has 0 saturated carbocycles. The topological polar surface area (TPSA) is 75.7 Å². The number of rotatable bonds is 3. The standard InChI is InChI=1S/C14H16N2O4/c1-16-8-11(7-12(16)17)15-13(18)9-4-3-5-10(6-9)14(19)20-2/h3-6,11H,7-8H2,1-2H3,(H,15,18). The number of likely N-dealkylation sites (tertiary alicyclic amines) is 1. The van der Waals surface area contributed by atoms with E-state index in [1.54, 1.807) is 30.1 Å². The summed E-state index contributed by atoms with van der Waals surface area (Å²) in [6.07, 6.45) is 0.304. The fourth-order valence-electron chi connectivity index (χ4n) is 2.13. The first-order valence-electron chi connectivity index (χ1n) is 6.24. The lowest BCUT2D eigenvalue weighted by Gasteiger charge is -2.12. The molecule has 1 aromatic carbocycles. The molecule has 0 aromatic heterocycles. The van der Waals surface area contributed by atoms with Gasteiger partial charge in [0.05, 0.1) is 18.7 Å². The van der Waals surface area contributed by atoms with Gasteiger partial charge in [-0.05, 0) is 18.2 Å². The van der Waals surface area contributed by atoms with Crippen molar-refractivity contribution < 1.29 is 19.1 Å². The number of hydrogen-bond donors (Lipinski definition) is 1. The third-order valence-corrected chi connectivity index (χ3v) is 3.22. The van der Waals surface area contributed by atoms with E-state index in [1.807, 2.05) is 0 Å². The Balaban J connectivity index is 2.06. The van der Waals surface area contributed by atoms with Gasteiger partial charge in [0, 0.05) is 25.6 Å². The highest BCUT2D eigenvalue weighted by atomic mass is 16.5. The van der Waals surface area contributed by atoms with Crippen LogP contribution in [0.15, 0.2) is 24.3 Å². The molecule has 1 fully saturated rings. The predicted octanol–water partition coefficient (Wildman–Crippen LogP) is 0.434. The normalized spacial score (nSPS) is 18.0. The summed E-state index contributed by atoms with van der Waals surface area (Å²) in [5.41, 5.74) is 0.690. The molecule has 1 unspecified atom stereocenters. The van der Waals surface area contributed by atoms with Crippen LogP contribution in [0.5, 0.6) is 0 Å². The fourth-order valence-corrected chi connectivity index (χ4v) is 2.13. The van der Waals surface area contributed by atoms with Gasteiger partial charge in [-0.15, -0.1) is 0 Å². The van der Waals surface area contributed by atoms with E-state index < -0.39 is 5.97 Å². The molecule has 2 rings (SSSR count). The second kappa shape index (κ2) is 5.73. The van der Waals surface area contributed by atoms with Crippen LogP contribution in [0, 0.1) is 0 Å². The van der Waals surface area contributed by atoms with Gasteiger partial charge in [0.15, 0.2) is 0 Å². The molecule has 1 aliphatic rings. The maximum absolute atomic E-state index is 12.1. The second-order valence-electron chi connectivity index (χ2n) is 4.72. The van der Waals surface area contributed by atoms with Gasteiger partial charge in [-0.3, -0.25) is 9.59 Å². The van der Waals surface area contributed by atoms with Crippen molar-refractivity contribution in [1.82, 2.24) is 10.2 Å². The van der Waals surface area contributed by atoms with Crippen LogP contribution in [0.25, 0.3) is 0 Å². The Bertz CT molecular complexity index is 556. The highest BCUT2D eigenvalue weighted by Gasteiger charge is 2.28. The van der Waals surface area contributed by atoms with Crippen LogP contribution >= 0.6 is 0 Å². The fraction of sp³-hybridized carbons (Fsp3) is 0.357. The Hall–Kier alpha value is -2.37. The third kappa shape index (κ3) is 2.96. The first-order valence-corrected chi connectivity index (χ1v) is 6.24. The van der Waals surface area contributed by atoms with Crippen molar-refractivity contribution in [2.45, 2.75) is 12.5 Å². The van der Waals surface area contributed by atoms with Crippen molar-refractivity contribution in [3.8, 4) is 0 Å². The van der Waals surface area contributed by atoms with E-state index in [0.717, 1.165) is 0 Å². The molecular weight excluding hydrogens is 260 g/mol. The molecule has 0 spiro atoms. The van der Waals surface area contributed by atoms with Gasteiger partial charge in [0.1, 0.15) is 0 Å². The van der Waals surface area contributed by atoms with Gasteiger partial charge >= 0.3 is 5.97 Å². The number of nitrogens with zero attached hydrogens (tertiary/aromatic N) is 1. The number of nitrogens with one attached hydrogen (secondary N) is 1. The van der Waals surface area contributed by atoms with Crippen LogP contribution in [-0.4, -0.2) is 49.4 Å². The molecular formula is C14H16N2O4. The minimum absolute atomic E-state index is 0.0126. The number of esters is 1. The Morgan fingerprint density at radius 2 is 2.05 bits per heavy atom. The first kappa shape index (κ1) is 14.0.